The van der Waals surface area contributed by atoms with E-state index in [0.29, 0.717) is 6.42 Å². The topological polar surface area (TPSA) is 34.1 Å². The summed E-state index contributed by atoms with van der Waals surface area (Å²) < 4.78 is 51.9. The van der Waals surface area contributed by atoms with Crippen LogP contribution in [0.1, 0.15) is 37.0 Å². The Labute approximate surface area is 107 Å². The Hall–Kier alpha value is -1.72. The molecule has 0 aliphatic heterocycles. The minimum atomic E-state index is -2.06. The third-order valence-corrected chi connectivity index (χ3v) is 2.90. The van der Waals surface area contributed by atoms with Crippen molar-refractivity contribution in [2.75, 3.05) is 0 Å². The number of ketones is 2. The van der Waals surface area contributed by atoms with Gasteiger partial charge in [0.15, 0.2) is 29.1 Å². The third kappa shape index (κ3) is 3.19. The van der Waals surface area contributed by atoms with E-state index in [9.17, 15) is 27.2 Å². The van der Waals surface area contributed by atoms with Gasteiger partial charge in [0.05, 0.1) is 12.0 Å². The second-order valence-corrected chi connectivity index (χ2v) is 4.22. The lowest BCUT2D eigenvalue weighted by molar-refractivity contribution is -0.121. The molecule has 1 aromatic rings. The number of carbonyl (C=O) groups is 2. The molecule has 0 aromatic heterocycles. The first-order valence-corrected chi connectivity index (χ1v) is 5.68. The van der Waals surface area contributed by atoms with Crippen molar-refractivity contribution in [2.45, 2.75) is 26.7 Å². The van der Waals surface area contributed by atoms with Crippen molar-refractivity contribution in [2.24, 2.45) is 5.92 Å². The third-order valence-electron chi connectivity index (χ3n) is 2.90. The highest BCUT2D eigenvalue weighted by Gasteiger charge is 2.25. The summed E-state index contributed by atoms with van der Waals surface area (Å²) >= 11 is 0. The molecule has 1 rings (SSSR count). The number of carbonyl (C=O) groups excluding carboxylic acids is 2. The van der Waals surface area contributed by atoms with Crippen molar-refractivity contribution in [1.29, 1.82) is 0 Å². The number of rotatable bonds is 5. The molecule has 0 radical (unpaired) electrons. The molecule has 0 bridgehead atoms. The monoisotopic (exact) mass is 276 g/mol. The molecule has 0 amide bonds. The van der Waals surface area contributed by atoms with Crippen LogP contribution in [0.25, 0.3) is 0 Å². The van der Waals surface area contributed by atoms with Gasteiger partial charge in [0.1, 0.15) is 5.78 Å². The van der Waals surface area contributed by atoms with Gasteiger partial charge < -0.3 is 0 Å². The van der Waals surface area contributed by atoms with Gasteiger partial charge in [-0.05, 0) is 12.5 Å². The van der Waals surface area contributed by atoms with Crippen molar-refractivity contribution < 1.29 is 27.2 Å². The van der Waals surface area contributed by atoms with Gasteiger partial charge in [0, 0.05) is 5.92 Å². The van der Waals surface area contributed by atoms with Gasteiger partial charge >= 0.3 is 0 Å². The summed E-state index contributed by atoms with van der Waals surface area (Å²) in [7, 11) is 0. The number of hydrogen-bond acceptors (Lipinski definition) is 2. The summed E-state index contributed by atoms with van der Waals surface area (Å²) in [5.74, 6) is -9.43. The standard InChI is InChI=1S/C13H12F4O2/c1-3-6(2)9(18)5-10(19)7-4-8(14)12(16)13(17)11(7)15/h4,6H,3,5H2,1-2H3. The highest BCUT2D eigenvalue weighted by atomic mass is 19.2. The Morgan fingerprint density at radius 3 is 2.21 bits per heavy atom. The van der Waals surface area contributed by atoms with Crippen LogP contribution in [-0.2, 0) is 4.79 Å². The molecule has 19 heavy (non-hydrogen) atoms. The van der Waals surface area contributed by atoms with Gasteiger partial charge in [0.2, 0.25) is 0 Å². The number of hydrogen-bond donors (Lipinski definition) is 0. The first kappa shape index (κ1) is 15.3. The van der Waals surface area contributed by atoms with E-state index in [1.54, 1.807) is 13.8 Å². The van der Waals surface area contributed by atoms with Crippen molar-refractivity contribution in [3.05, 3.63) is 34.9 Å². The fourth-order valence-electron chi connectivity index (χ4n) is 1.43. The molecular formula is C13H12F4O2. The Morgan fingerprint density at radius 1 is 1.11 bits per heavy atom. The van der Waals surface area contributed by atoms with Gasteiger partial charge in [-0.1, -0.05) is 13.8 Å². The van der Waals surface area contributed by atoms with Gasteiger partial charge in [-0.2, -0.15) is 0 Å². The van der Waals surface area contributed by atoms with Crippen molar-refractivity contribution in [3.8, 4) is 0 Å². The maximum absolute atomic E-state index is 13.3. The Balaban J connectivity index is 3.05. The van der Waals surface area contributed by atoms with Crippen LogP contribution >= 0.6 is 0 Å². The molecule has 0 spiro atoms. The Morgan fingerprint density at radius 2 is 1.68 bits per heavy atom. The molecule has 6 heteroatoms. The van der Waals surface area contributed by atoms with Gasteiger partial charge in [-0.25, -0.2) is 17.6 Å². The number of benzene rings is 1. The van der Waals surface area contributed by atoms with Crippen molar-refractivity contribution in [3.63, 3.8) is 0 Å². The second-order valence-electron chi connectivity index (χ2n) is 4.22. The molecule has 0 heterocycles. The maximum Gasteiger partial charge on any atom is 0.198 e. The van der Waals surface area contributed by atoms with Crippen LogP contribution in [0, 0.1) is 29.2 Å². The Kier molecular flexibility index (Phi) is 4.80. The molecule has 0 saturated heterocycles. The normalized spacial score (nSPS) is 12.3. The lowest BCUT2D eigenvalue weighted by Crippen LogP contribution is -2.17. The van der Waals surface area contributed by atoms with E-state index in [1.165, 1.54) is 0 Å². The second kappa shape index (κ2) is 5.95. The summed E-state index contributed by atoms with van der Waals surface area (Å²) in [5, 5.41) is 0. The molecular weight excluding hydrogens is 264 g/mol. The minimum Gasteiger partial charge on any atom is -0.299 e. The summed E-state index contributed by atoms with van der Waals surface area (Å²) in [6, 6.07) is 0.264. The first-order valence-electron chi connectivity index (χ1n) is 5.68. The van der Waals surface area contributed by atoms with Gasteiger partial charge in [0.25, 0.3) is 0 Å². The average Bonchev–Trinajstić information content (AvgIpc) is 2.39. The summed E-state index contributed by atoms with van der Waals surface area (Å²) in [4.78, 5) is 23.1. The zero-order valence-corrected chi connectivity index (χ0v) is 10.4. The quantitative estimate of drug-likeness (QED) is 0.271. The lowest BCUT2D eigenvalue weighted by Gasteiger charge is -2.08. The van der Waals surface area contributed by atoms with Crippen LogP contribution < -0.4 is 0 Å². The fourth-order valence-corrected chi connectivity index (χ4v) is 1.43. The van der Waals surface area contributed by atoms with Crippen LogP contribution in [-0.4, -0.2) is 11.6 Å². The maximum atomic E-state index is 13.3. The van der Waals surface area contributed by atoms with E-state index < -0.39 is 52.7 Å². The summed E-state index contributed by atoms with van der Waals surface area (Å²) in [6.07, 6.45) is -0.183. The zero-order valence-electron chi connectivity index (χ0n) is 10.4. The largest absolute Gasteiger partial charge is 0.299 e. The van der Waals surface area contributed by atoms with Crippen LogP contribution in [0.3, 0.4) is 0 Å². The molecule has 104 valence electrons. The van der Waals surface area contributed by atoms with Crippen molar-refractivity contribution >= 4 is 11.6 Å². The molecule has 0 aliphatic carbocycles. The van der Waals surface area contributed by atoms with Gasteiger partial charge in [-0.15, -0.1) is 0 Å². The molecule has 1 unspecified atom stereocenters. The first-order chi connectivity index (χ1) is 8.79. The number of halogens is 4. The predicted octanol–water partition coefficient (Wildman–Crippen LogP) is 3.43. The van der Waals surface area contributed by atoms with Crippen molar-refractivity contribution in [1.82, 2.24) is 0 Å². The average molecular weight is 276 g/mol. The van der Waals surface area contributed by atoms with E-state index in [0.717, 1.165) is 0 Å². The predicted molar refractivity (Wildman–Crippen MR) is 59.7 cm³/mol. The molecule has 0 saturated carbocycles. The molecule has 1 atom stereocenters. The van der Waals surface area contributed by atoms with Crippen LogP contribution in [0.5, 0.6) is 0 Å². The molecule has 0 fully saturated rings. The number of Topliss-reactive ketones (excluding diaryl/α,β-unsaturated/α-hetero) is 2. The Bertz CT molecular complexity index is 526. The molecule has 2 nitrogen and oxygen atoms in total. The SMILES string of the molecule is CCC(C)C(=O)CC(=O)c1cc(F)c(F)c(F)c1F. The smallest absolute Gasteiger partial charge is 0.198 e. The van der Waals surface area contributed by atoms with Crippen LogP contribution in [0.2, 0.25) is 0 Å². The zero-order chi connectivity index (χ0) is 14.7. The van der Waals surface area contributed by atoms with E-state index in [2.05, 4.69) is 0 Å². The molecule has 0 N–H and O–H groups in total. The molecule has 1 aromatic carbocycles. The summed E-state index contributed by atoms with van der Waals surface area (Å²) in [5.41, 5.74) is -0.951. The molecule has 0 aliphatic rings. The van der Waals surface area contributed by atoms with E-state index in [1.807, 2.05) is 0 Å². The van der Waals surface area contributed by atoms with Crippen LogP contribution in [0.4, 0.5) is 17.6 Å². The minimum absolute atomic E-state index is 0.264. The summed E-state index contributed by atoms with van der Waals surface area (Å²) in [6.45, 7) is 3.31. The van der Waals surface area contributed by atoms with Crippen LogP contribution in [0.15, 0.2) is 6.07 Å². The highest BCUT2D eigenvalue weighted by Crippen LogP contribution is 2.20. The lowest BCUT2D eigenvalue weighted by atomic mass is 9.96. The van der Waals surface area contributed by atoms with Gasteiger partial charge in [-0.3, -0.25) is 9.59 Å². The van der Waals surface area contributed by atoms with E-state index in [-0.39, 0.29) is 6.07 Å². The fraction of sp³-hybridized carbons (Fsp3) is 0.385. The van der Waals surface area contributed by atoms with E-state index in [4.69, 9.17) is 0 Å². The van der Waals surface area contributed by atoms with E-state index >= 15 is 0 Å². The highest BCUT2D eigenvalue weighted by molar-refractivity contribution is 6.08.